The van der Waals surface area contributed by atoms with Gasteiger partial charge in [0.1, 0.15) is 0 Å². The third kappa shape index (κ3) is 6.99. The minimum Gasteiger partial charge on any atom is -0.379 e. The molecule has 0 aromatic rings. The monoisotopic (exact) mass is 507 g/mol. The summed E-state index contributed by atoms with van der Waals surface area (Å²) in [4.78, 5) is 9.78. The molecule has 1 aliphatic carbocycles. The first-order chi connectivity index (χ1) is 13.2. The first-order valence-corrected chi connectivity index (χ1v) is 11.3. The van der Waals surface area contributed by atoms with Gasteiger partial charge < -0.3 is 20.3 Å². The van der Waals surface area contributed by atoms with Crippen LogP contribution >= 0.6 is 24.0 Å². The van der Waals surface area contributed by atoms with E-state index in [1.165, 1.54) is 45.2 Å². The van der Waals surface area contributed by atoms with Crippen LogP contribution in [0.15, 0.2) is 4.99 Å². The number of morpholine rings is 1. The lowest BCUT2D eigenvalue weighted by atomic mass is 9.92. The van der Waals surface area contributed by atoms with Crippen LogP contribution < -0.4 is 10.6 Å². The van der Waals surface area contributed by atoms with Crippen molar-refractivity contribution in [2.24, 2.45) is 16.8 Å². The highest BCUT2D eigenvalue weighted by Crippen LogP contribution is 2.31. The van der Waals surface area contributed by atoms with Crippen LogP contribution in [0.4, 0.5) is 0 Å². The fourth-order valence-electron chi connectivity index (χ4n) is 4.80. The maximum atomic E-state index is 5.57. The second-order valence-electron chi connectivity index (χ2n) is 8.51. The predicted molar refractivity (Wildman–Crippen MR) is 128 cm³/mol. The van der Waals surface area contributed by atoms with Crippen molar-refractivity contribution in [1.82, 2.24) is 20.4 Å². The Kier molecular flexibility index (Phi) is 10.8. The molecule has 0 bridgehead atoms. The third-order valence-corrected chi connectivity index (χ3v) is 6.75. The van der Waals surface area contributed by atoms with Crippen LogP contribution in [-0.2, 0) is 4.74 Å². The van der Waals surface area contributed by atoms with Crippen LogP contribution in [0, 0.1) is 11.8 Å². The van der Waals surface area contributed by atoms with E-state index in [0.717, 1.165) is 63.2 Å². The van der Waals surface area contributed by atoms with Gasteiger partial charge in [-0.1, -0.05) is 26.7 Å². The molecule has 2 N–H and O–H groups in total. The van der Waals surface area contributed by atoms with Crippen LogP contribution in [0.1, 0.15) is 46.0 Å². The lowest BCUT2D eigenvalue weighted by Crippen LogP contribution is -2.53. The first kappa shape index (κ1) is 24.2. The Morgan fingerprint density at radius 3 is 2.39 bits per heavy atom. The van der Waals surface area contributed by atoms with E-state index in [1.807, 2.05) is 7.05 Å². The smallest absolute Gasteiger partial charge is 0.191 e. The summed E-state index contributed by atoms with van der Waals surface area (Å²) >= 11 is 0. The van der Waals surface area contributed by atoms with Crippen molar-refractivity contribution in [1.29, 1.82) is 0 Å². The molecular formula is C21H42IN5O. The van der Waals surface area contributed by atoms with Gasteiger partial charge in [-0.15, -0.1) is 24.0 Å². The maximum Gasteiger partial charge on any atom is 0.191 e. The van der Waals surface area contributed by atoms with E-state index in [9.17, 15) is 0 Å². The average molecular weight is 508 g/mol. The van der Waals surface area contributed by atoms with Crippen LogP contribution in [-0.4, -0.2) is 87.4 Å². The number of halogens is 1. The largest absolute Gasteiger partial charge is 0.379 e. The van der Waals surface area contributed by atoms with E-state index < -0.39 is 0 Å². The Bertz CT molecular complexity index is 464. The van der Waals surface area contributed by atoms with Gasteiger partial charge in [0, 0.05) is 51.9 Å². The second-order valence-corrected chi connectivity index (χ2v) is 8.51. The minimum atomic E-state index is 0. The van der Waals surface area contributed by atoms with Crippen molar-refractivity contribution in [2.75, 3.05) is 59.5 Å². The number of rotatable bonds is 9. The first-order valence-electron chi connectivity index (χ1n) is 11.3. The molecule has 2 saturated heterocycles. The van der Waals surface area contributed by atoms with E-state index in [0.29, 0.717) is 6.04 Å². The van der Waals surface area contributed by atoms with Gasteiger partial charge in [-0.05, 0) is 37.6 Å². The molecule has 1 saturated carbocycles. The number of aliphatic imine (C=N–C) groups is 1. The molecule has 6 nitrogen and oxygen atoms in total. The summed E-state index contributed by atoms with van der Waals surface area (Å²) in [6.07, 6.45) is 6.62. The van der Waals surface area contributed by atoms with Crippen molar-refractivity contribution < 1.29 is 4.74 Å². The summed E-state index contributed by atoms with van der Waals surface area (Å²) < 4.78 is 5.57. The van der Waals surface area contributed by atoms with Crippen molar-refractivity contribution in [3.8, 4) is 0 Å². The summed E-state index contributed by atoms with van der Waals surface area (Å²) in [5, 5.41) is 7.22. The number of nitrogens with zero attached hydrogens (tertiary/aromatic N) is 3. The van der Waals surface area contributed by atoms with Crippen molar-refractivity contribution in [3.63, 3.8) is 0 Å². The number of likely N-dealkylation sites (tertiary alicyclic amines) is 1. The molecule has 3 fully saturated rings. The summed E-state index contributed by atoms with van der Waals surface area (Å²) in [6.45, 7) is 13.0. The maximum absolute atomic E-state index is 5.57. The SMILES string of the molecule is CCC(CC)C(CNC(=NC)NCC1CCN(C2CC2)C1)N1CCOCC1.I. The molecule has 0 aromatic carbocycles. The molecule has 3 rings (SSSR count). The Hall–Kier alpha value is -0.120. The fourth-order valence-corrected chi connectivity index (χ4v) is 4.80. The molecule has 0 radical (unpaired) electrons. The van der Waals surface area contributed by atoms with E-state index in [-0.39, 0.29) is 24.0 Å². The van der Waals surface area contributed by atoms with Crippen molar-refractivity contribution >= 4 is 29.9 Å². The molecule has 2 unspecified atom stereocenters. The molecule has 164 valence electrons. The van der Waals surface area contributed by atoms with Gasteiger partial charge in [-0.25, -0.2) is 0 Å². The van der Waals surface area contributed by atoms with Gasteiger partial charge in [0.25, 0.3) is 0 Å². The Morgan fingerprint density at radius 2 is 1.79 bits per heavy atom. The molecule has 0 aromatic heterocycles. The summed E-state index contributed by atoms with van der Waals surface area (Å²) in [7, 11) is 1.89. The molecule has 3 aliphatic rings. The molecule has 0 amide bonds. The molecule has 2 heterocycles. The molecule has 2 aliphatic heterocycles. The molecule has 28 heavy (non-hydrogen) atoms. The average Bonchev–Trinajstić information content (AvgIpc) is 3.46. The minimum absolute atomic E-state index is 0. The highest BCUT2D eigenvalue weighted by atomic mass is 127. The number of hydrogen-bond acceptors (Lipinski definition) is 4. The van der Waals surface area contributed by atoms with Crippen molar-refractivity contribution in [2.45, 2.75) is 58.0 Å². The topological polar surface area (TPSA) is 52.1 Å². The third-order valence-electron chi connectivity index (χ3n) is 6.75. The quantitative estimate of drug-likeness (QED) is 0.285. The zero-order valence-corrected chi connectivity index (χ0v) is 20.5. The summed E-state index contributed by atoms with van der Waals surface area (Å²) in [5.41, 5.74) is 0. The predicted octanol–water partition coefficient (Wildman–Crippen LogP) is 2.39. The molecular weight excluding hydrogens is 465 g/mol. The lowest BCUT2D eigenvalue weighted by molar-refractivity contribution is 0.00272. The fraction of sp³-hybridized carbons (Fsp3) is 0.952. The zero-order chi connectivity index (χ0) is 19.1. The standard InChI is InChI=1S/C21H41N5O.HI/c1-4-18(5-2)20(25-10-12-27-13-11-25)15-24-21(22-3)23-14-17-8-9-26(16-17)19-6-7-19;/h17-20H,4-16H2,1-3H3,(H2,22,23,24);1H. The Labute approximate surface area is 189 Å². The van der Waals surface area contributed by atoms with E-state index in [2.05, 4.69) is 39.3 Å². The van der Waals surface area contributed by atoms with Gasteiger partial charge in [-0.3, -0.25) is 9.89 Å². The van der Waals surface area contributed by atoms with E-state index >= 15 is 0 Å². The highest BCUT2D eigenvalue weighted by molar-refractivity contribution is 14.0. The number of ether oxygens (including phenoxy) is 1. The highest BCUT2D eigenvalue weighted by Gasteiger charge is 2.34. The summed E-state index contributed by atoms with van der Waals surface area (Å²) in [6, 6.07) is 1.46. The number of nitrogens with one attached hydrogen (secondary N) is 2. The van der Waals surface area contributed by atoms with Crippen molar-refractivity contribution in [3.05, 3.63) is 0 Å². The van der Waals surface area contributed by atoms with E-state index in [1.54, 1.807) is 0 Å². The second kappa shape index (κ2) is 12.5. The van der Waals surface area contributed by atoms with Crippen LogP contribution in [0.2, 0.25) is 0 Å². The van der Waals surface area contributed by atoms with Gasteiger partial charge in [0.05, 0.1) is 13.2 Å². The zero-order valence-electron chi connectivity index (χ0n) is 18.2. The van der Waals surface area contributed by atoms with Crippen LogP contribution in [0.5, 0.6) is 0 Å². The number of guanidine groups is 1. The van der Waals surface area contributed by atoms with E-state index in [4.69, 9.17) is 4.74 Å². The molecule has 2 atom stereocenters. The normalized spacial score (nSPS) is 25.6. The molecule has 7 heteroatoms. The van der Waals surface area contributed by atoms with Crippen LogP contribution in [0.3, 0.4) is 0 Å². The number of hydrogen-bond donors (Lipinski definition) is 2. The van der Waals surface area contributed by atoms with Gasteiger partial charge in [0.15, 0.2) is 5.96 Å². The van der Waals surface area contributed by atoms with Crippen LogP contribution in [0.25, 0.3) is 0 Å². The summed E-state index contributed by atoms with van der Waals surface area (Å²) in [5.74, 6) is 2.44. The van der Waals surface area contributed by atoms with Gasteiger partial charge in [-0.2, -0.15) is 0 Å². The Balaban J connectivity index is 0.00000280. The molecule has 0 spiro atoms. The van der Waals surface area contributed by atoms with Gasteiger partial charge in [0.2, 0.25) is 0 Å². The lowest BCUT2D eigenvalue weighted by Gasteiger charge is -2.39. The Morgan fingerprint density at radius 1 is 1.07 bits per heavy atom. The van der Waals surface area contributed by atoms with Gasteiger partial charge >= 0.3 is 0 Å².